The van der Waals surface area contributed by atoms with Gasteiger partial charge in [0.05, 0.1) is 6.04 Å². The van der Waals surface area contributed by atoms with Crippen LogP contribution in [0.5, 0.6) is 5.75 Å². The molecule has 0 aliphatic carbocycles. The van der Waals surface area contributed by atoms with Gasteiger partial charge in [0.25, 0.3) is 0 Å². The first-order valence-corrected chi connectivity index (χ1v) is 8.77. The summed E-state index contributed by atoms with van der Waals surface area (Å²) in [5.74, 6) is 2.49. The van der Waals surface area contributed by atoms with Crippen LogP contribution in [0.1, 0.15) is 11.1 Å². The van der Waals surface area contributed by atoms with E-state index in [9.17, 15) is 4.79 Å². The highest BCUT2D eigenvalue weighted by Crippen LogP contribution is 2.23. The number of carbonyl (C=O) groups is 1. The molecule has 0 aromatic heterocycles. The van der Waals surface area contributed by atoms with Crippen molar-refractivity contribution < 1.29 is 9.53 Å². The van der Waals surface area contributed by atoms with Crippen molar-refractivity contribution in [3.05, 3.63) is 59.7 Å². The average Bonchev–Trinajstić information content (AvgIpc) is 3.11. The van der Waals surface area contributed by atoms with Crippen molar-refractivity contribution in [3.63, 3.8) is 0 Å². The second kappa shape index (κ2) is 8.97. The fraction of sp³-hybridized carbons (Fsp3) is 0.278. The summed E-state index contributed by atoms with van der Waals surface area (Å²) in [5.41, 5.74) is 2.96. The van der Waals surface area contributed by atoms with Crippen molar-refractivity contribution >= 4 is 35.8 Å². The van der Waals surface area contributed by atoms with Gasteiger partial charge in [-0.1, -0.05) is 30.3 Å². The molecule has 0 bridgehead atoms. The molecule has 1 amide bonds. The molecule has 0 radical (unpaired) electrons. The number of carbonyl (C=O) groups excluding carboxylic acids is 1. The van der Waals surface area contributed by atoms with E-state index in [-0.39, 0.29) is 24.4 Å². The van der Waals surface area contributed by atoms with Crippen molar-refractivity contribution in [2.24, 2.45) is 0 Å². The van der Waals surface area contributed by atoms with Gasteiger partial charge in [0.2, 0.25) is 5.91 Å². The van der Waals surface area contributed by atoms with Crippen LogP contribution < -0.4 is 15.4 Å². The van der Waals surface area contributed by atoms with Gasteiger partial charge in [0.15, 0.2) is 0 Å². The van der Waals surface area contributed by atoms with Gasteiger partial charge in [0, 0.05) is 17.3 Å². The fourth-order valence-corrected chi connectivity index (χ4v) is 3.33. The number of rotatable bonds is 5. The van der Waals surface area contributed by atoms with Crippen LogP contribution in [0.4, 0.5) is 5.69 Å². The van der Waals surface area contributed by atoms with Gasteiger partial charge in [-0.05, 0) is 36.2 Å². The largest absolute Gasteiger partial charge is 0.489 e. The maximum atomic E-state index is 12.1. The molecule has 4 nitrogen and oxygen atoms in total. The molecule has 1 unspecified atom stereocenters. The summed E-state index contributed by atoms with van der Waals surface area (Å²) >= 11 is 1.74. The topological polar surface area (TPSA) is 50.4 Å². The Labute approximate surface area is 152 Å². The second-order valence-corrected chi connectivity index (χ2v) is 6.54. The van der Waals surface area contributed by atoms with E-state index in [4.69, 9.17) is 4.74 Å². The number of benzene rings is 2. The number of ether oxygens (including phenoxy) is 1. The molecule has 1 heterocycles. The van der Waals surface area contributed by atoms with E-state index in [0.717, 1.165) is 34.2 Å². The predicted octanol–water partition coefficient (Wildman–Crippen LogP) is 3.60. The fourth-order valence-electron chi connectivity index (χ4n) is 2.39. The lowest BCUT2D eigenvalue weighted by atomic mass is 10.1. The Morgan fingerprint density at radius 1 is 1.29 bits per heavy atom. The lowest BCUT2D eigenvalue weighted by Gasteiger charge is -2.14. The van der Waals surface area contributed by atoms with Crippen LogP contribution in [0.15, 0.2) is 48.5 Å². The summed E-state index contributed by atoms with van der Waals surface area (Å²) in [5, 5.41) is 6.15. The van der Waals surface area contributed by atoms with E-state index < -0.39 is 0 Å². The highest BCUT2D eigenvalue weighted by atomic mass is 35.5. The molecule has 1 saturated heterocycles. The lowest BCUT2D eigenvalue weighted by Crippen LogP contribution is -2.37. The van der Waals surface area contributed by atoms with Gasteiger partial charge in [-0.3, -0.25) is 10.1 Å². The van der Waals surface area contributed by atoms with Crippen molar-refractivity contribution in [2.75, 3.05) is 16.9 Å². The maximum Gasteiger partial charge on any atom is 0.242 e. The first kappa shape index (κ1) is 18.6. The SMILES string of the molecule is Cc1cc(OCc2ccccc2)ccc1NC(=O)C1CSCN1.Cl. The Morgan fingerprint density at radius 3 is 2.75 bits per heavy atom. The van der Waals surface area contributed by atoms with E-state index in [1.54, 1.807) is 11.8 Å². The van der Waals surface area contributed by atoms with Crippen molar-refractivity contribution in [3.8, 4) is 5.75 Å². The summed E-state index contributed by atoms with van der Waals surface area (Å²) in [6, 6.07) is 15.7. The summed E-state index contributed by atoms with van der Waals surface area (Å²) in [6.07, 6.45) is 0. The molecule has 0 spiro atoms. The van der Waals surface area contributed by atoms with Gasteiger partial charge in [0.1, 0.15) is 12.4 Å². The standard InChI is InChI=1S/C18H20N2O2S.ClH/c1-13-9-15(22-10-14-5-3-2-4-6-14)7-8-16(13)20-18(21)17-11-23-12-19-17;/h2-9,17,19H,10-12H2,1H3,(H,20,21);1H. The molecular weight excluding hydrogens is 344 g/mol. The van der Waals surface area contributed by atoms with E-state index in [1.165, 1.54) is 0 Å². The van der Waals surface area contributed by atoms with Crippen LogP contribution in [0.3, 0.4) is 0 Å². The monoisotopic (exact) mass is 364 g/mol. The molecule has 0 saturated carbocycles. The highest BCUT2D eigenvalue weighted by molar-refractivity contribution is 7.99. The molecule has 1 aliphatic heterocycles. The zero-order chi connectivity index (χ0) is 16.1. The smallest absolute Gasteiger partial charge is 0.242 e. The Kier molecular flexibility index (Phi) is 6.97. The van der Waals surface area contributed by atoms with E-state index in [1.807, 2.05) is 55.5 Å². The molecule has 24 heavy (non-hydrogen) atoms. The van der Waals surface area contributed by atoms with Gasteiger partial charge in [-0.15, -0.1) is 24.2 Å². The van der Waals surface area contributed by atoms with Gasteiger partial charge in [-0.25, -0.2) is 0 Å². The molecule has 2 aromatic rings. The van der Waals surface area contributed by atoms with Crippen molar-refractivity contribution in [1.29, 1.82) is 0 Å². The molecule has 3 rings (SSSR count). The summed E-state index contributed by atoms with van der Waals surface area (Å²) in [6.45, 7) is 2.51. The molecule has 1 atom stereocenters. The molecule has 6 heteroatoms. The Morgan fingerprint density at radius 2 is 2.08 bits per heavy atom. The molecule has 2 aromatic carbocycles. The zero-order valence-corrected chi connectivity index (χ0v) is 15.1. The molecule has 1 aliphatic rings. The minimum absolute atomic E-state index is 0. The lowest BCUT2D eigenvalue weighted by molar-refractivity contribution is -0.117. The maximum absolute atomic E-state index is 12.1. The summed E-state index contributed by atoms with van der Waals surface area (Å²) in [4.78, 5) is 12.1. The Bertz CT molecular complexity index is 676. The van der Waals surface area contributed by atoms with E-state index in [2.05, 4.69) is 10.6 Å². The molecular formula is C18H21ClN2O2S. The molecule has 128 valence electrons. The number of amides is 1. The minimum Gasteiger partial charge on any atom is -0.489 e. The average molecular weight is 365 g/mol. The van der Waals surface area contributed by atoms with Gasteiger partial charge in [-0.2, -0.15) is 0 Å². The van der Waals surface area contributed by atoms with E-state index >= 15 is 0 Å². The third kappa shape index (κ3) is 4.90. The number of aryl methyl sites for hydroxylation is 1. The van der Waals surface area contributed by atoms with Crippen LogP contribution >= 0.6 is 24.2 Å². The number of anilines is 1. The van der Waals surface area contributed by atoms with Crippen LogP contribution in [-0.4, -0.2) is 23.6 Å². The quantitative estimate of drug-likeness (QED) is 0.851. The number of hydrogen-bond acceptors (Lipinski definition) is 4. The minimum atomic E-state index is -0.103. The first-order chi connectivity index (χ1) is 11.2. The summed E-state index contributed by atoms with van der Waals surface area (Å²) < 4.78 is 5.80. The normalized spacial score (nSPS) is 16.3. The third-order valence-corrected chi connectivity index (χ3v) is 4.68. The first-order valence-electron chi connectivity index (χ1n) is 7.62. The van der Waals surface area contributed by atoms with Crippen LogP contribution in [0.25, 0.3) is 0 Å². The zero-order valence-electron chi connectivity index (χ0n) is 13.5. The summed E-state index contributed by atoms with van der Waals surface area (Å²) in [7, 11) is 0. The van der Waals surface area contributed by atoms with Gasteiger partial charge >= 0.3 is 0 Å². The van der Waals surface area contributed by atoms with Crippen molar-refractivity contribution in [1.82, 2.24) is 5.32 Å². The van der Waals surface area contributed by atoms with Crippen LogP contribution in [0.2, 0.25) is 0 Å². The number of halogens is 1. The highest BCUT2D eigenvalue weighted by Gasteiger charge is 2.22. The predicted molar refractivity (Wildman–Crippen MR) is 102 cm³/mol. The van der Waals surface area contributed by atoms with Gasteiger partial charge < -0.3 is 10.1 Å². The Balaban J connectivity index is 0.00000208. The second-order valence-electron chi connectivity index (χ2n) is 5.51. The molecule has 1 fully saturated rings. The number of hydrogen-bond donors (Lipinski definition) is 2. The molecule has 2 N–H and O–H groups in total. The Hall–Kier alpha value is -1.69. The van der Waals surface area contributed by atoms with Crippen molar-refractivity contribution in [2.45, 2.75) is 19.6 Å². The van der Waals surface area contributed by atoms with Crippen LogP contribution in [0, 0.1) is 6.92 Å². The van der Waals surface area contributed by atoms with Crippen LogP contribution in [-0.2, 0) is 11.4 Å². The number of nitrogens with one attached hydrogen (secondary N) is 2. The number of thioether (sulfide) groups is 1. The van der Waals surface area contributed by atoms with E-state index in [0.29, 0.717) is 6.61 Å². The third-order valence-electron chi connectivity index (χ3n) is 3.74.